The molecule has 0 spiro atoms. The average Bonchev–Trinajstić information content (AvgIpc) is 0.918. The van der Waals surface area contributed by atoms with E-state index in [9.17, 15) is 0 Å². The molecule has 0 N–H and O–H groups in total. The minimum atomic E-state index is 0. The van der Waals surface area contributed by atoms with E-state index in [4.69, 9.17) is 4.79 Å². The van der Waals surface area contributed by atoms with E-state index in [1.165, 1.54) is 0 Å². The van der Waals surface area contributed by atoms with Crippen molar-refractivity contribution in [3.05, 3.63) is 14.4 Å². The quantitative estimate of drug-likeness (QED) is 0.230. The summed E-state index contributed by atoms with van der Waals surface area (Å²) in [5.41, 5.74) is 0. The van der Waals surface area contributed by atoms with Crippen LogP contribution in [-0.4, -0.2) is 29.3 Å². The Labute approximate surface area is 48.9 Å². The first-order valence-corrected chi connectivity index (χ1v) is 0.644. The Bertz CT molecular complexity index is 14.4. The Hall–Kier alpha value is 0.306. The van der Waals surface area contributed by atoms with Crippen molar-refractivity contribution in [2.45, 2.75) is 0 Å². The molecule has 0 saturated heterocycles. The molecule has 26 valence electrons. The van der Waals surface area contributed by atoms with Gasteiger partial charge in [0.2, 0.25) is 0 Å². The number of carbonyl (C=O) groups is 1. The van der Waals surface area contributed by atoms with Crippen molar-refractivity contribution in [2.24, 2.45) is 0 Å². The Morgan fingerprint density at radius 2 is 1.60 bits per heavy atom. The van der Waals surface area contributed by atoms with Gasteiger partial charge in [0, 0.05) is 0 Å². The van der Waals surface area contributed by atoms with E-state index in [0.717, 1.165) is 0 Å². The van der Waals surface area contributed by atoms with Crippen molar-refractivity contribution < 1.29 is 4.79 Å². The van der Waals surface area contributed by atoms with Gasteiger partial charge in [-0.05, 0) is 6.29 Å². The molecule has 0 aliphatic rings. The van der Waals surface area contributed by atoms with Crippen molar-refractivity contribution in [3.8, 4) is 0 Å². The average molecular weight is 82.4 g/mol. The fraction of sp³-hybridized carbons (Fsp3) is 0. The fourth-order valence-corrected chi connectivity index (χ4v) is 0. The topological polar surface area (TPSA) is 17.1 Å². The summed E-state index contributed by atoms with van der Waals surface area (Å²) in [6.07, 6.45) is 0.500. The second-order valence-electron chi connectivity index (χ2n) is 0.167. The first-order valence-electron chi connectivity index (χ1n) is 0.644. The summed E-state index contributed by atoms with van der Waals surface area (Å²) >= 11 is 0. The van der Waals surface area contributed by atoms with Gasteiger partial charge in [-0.1, -0.05) is 0 Å². The zero-order chi connectivity index (χ0) is 2.71. The van der Waals surface area contributed by atoms with Crippen LogP contribution in [0.5, 0.6) is 0 Å². The zero-order valence-corrected chi connectivity index (χ0v) is 4.81. The number of rotatable bonds is 0. The van der Waals surface area contributed by atoms with Crippen molar-refractivity contribution >= 4 is 29.3 Å². The van der Waals surface area contributed by atoms with E-state index >= 15 is 0 Å². The van der Waals surface area contributed by atoms with Crippen LogP contribution < -0.4 is 0 Å². The molecule has 0 aromatic heterocycles. The van der Waals surface area contributed by atoms with Gasteiger partial charge in [0.25, 0.3) is 0 Å². The van der Waals surface area contributed by atoms with E-state index in [2.05, 4.69) is 6.92 Å². The standard InChI is InChI=1S/C2H3O.CH3.Mg/c1-2-3;;/h2H,1H2;1H3;/q2*-1;+2. The van der Waals surface area contributed by atoms with E-state index in [1.807, 2.05) is 0 Å². The third kappa shape index (κ3) is 244. The molecule has 0 heterocycles. The molecule has 0 radical (unpaired) electrons. The SMILES string of the molecule is [CH2-]C=O.[CH3-].[Mg+2]. The van der Waals surface area contributed by atoms with Crippen molar-refractivity contribution in [1.82, 2.24) is 0 Å². The summed E-state index contributed by atoms with van der Waals surface area (Å²) in [6.45, 7) is 2.81. The van der Waals surface area contributed by atoms with Crippen LogP contribution in [0.3, 0.4) is 0 Å². The first kappa shape index (κ1) is 18.5. The predicted octanol–water partition coefficient (Wildman–Crippen LogP) is 0.0889. The third-order valence-corrected chi connectivity index (χ3v) is 0. The number of hydrogen-bond donors (Lipinski definition) is 0. The van der Waals surface area contributed by atoms with Crippen LogP contribution in [0.25, 0.3) is 0 Å². The smallest absolute Gasteiger partial charge is 0.358 e. The molecule has 0 bridgehead atoms. The number of carbonyl (C=O) groups excluding carboxylic acids is 1. The van der Waals surface area contributed by atoms with Crippen LogP contribution in [-0.2, 0) is 4.79 Å². The van der Waals surface area contributed by atoms with Gasteiger partial charge in [0.05, 0.1) is 0 Å². The maximum Gasteiger partial charge on any atom is 2.00 e. The Kier molecular flexibility index (Phi) is 102. The zero-order valence-electron chi connectivity index (χ0n) is 3.40. The van der Waals surface area contributed by atoms with E-state index < -0.39 is 0 Å². The molecule has 2 heteroatoms. The molecule has 0 amide bonds. The summed E-state index contributed by atoms with van der Waals surface area (Å²) in [6, 6.07) is 0. The van der Waals surface area contributed by atoms with Gasteiger partial charge in [-0.15, -0.1) is 0 Å². The Balaban J connectivity index is -0.0000000200. The van der Waals surface area contributed by atoms with Gasteiger partial charge in [0.1, 0.15) is 0 Å². The maximum absolute atomic E-state index is 8.69. The Morgan fingerprint density at radius 3 is 1.60 bits per heavy atom. The van der Waals surface area contributed by atoms with Crippen LogP contribution in [0.4, 0.5) is 0 Å². The van der Waals surface area contributed by atoms with Crippen molar-refractivity contribution in [3.63, 3.8) is 0 Å². The summed E-state index contributed by atoms with van der Waals surface area (Å²) in [5.74, 6) is 0. The summed E-state index contributed by atoms with van der Waals surface area (Å²) in [7, 11) is 0. The molecule has 0 unspecified atom stereocenters. The molecule has 0 aromatic rings. The molecule has 0 aromatic carbocycles. The molecule has 5 heavy (non-hydrogen) atoms. The van der Waals surface area contributed by atoms with E-state index in [-0.39, 0.29) is 30.5 Å². The summed E-state index contributed by atoms with van der Waals surface area (Å²) in [4.78, 5) is 8.69. The number of aldehydes is 1. The van der Waals surface area contributed by atoms with Crippen molar-refractivity contribution in [2.75, 3.05) is 0 Å². The van der Waals surface area contributed by atoms with Crippen molar-refractivity contribution in [1.29, 1.82) is 0 Å². The third-order valence-electron chi connectivity index (χ3n) is 0. The molecule has 0 rings (SSSR count). The van der Waals surface area contributed by atoms with Gasteiger partial charge in [-0.3, -0.25) is 0 Å². The fourth-order valence-electron chi connectivity index (χ4n) is 0. The van der Waals surface area contributed by atoms with E-state index in [1.54, 1.807) is 0 Å². The molecule has 0 aliphatic carbocycles. The molecular formula is C3H6MgO. The van der Waals surface area contributed by atoms with Gasteiger partial charge in [0.15, 0.2) is 0 Å². The van der Waals surface area contributed by atoms with Crippen LogP contribution in [0.1, 0.15) is 0 Å². The molecule has 0 aliphatic heterocycles. The molecular weight excluding hydrogens is 76.3 g/mol. The Morgan fingerprint density at radius 1 is 1.60 bits per heavy atom. The van der Waals surface area contributed by atoms with Gasteiger partial charge < -0.3 is 19.1 Å². The summed E-state index contributed by atoms with van der Waals surface area (Å²) < 4.78 is 0. The molecule has 0 fully saturated rings. The number of hydrogen-bond acceptors (Lipinski definition) is 1. The normalized spacial score (nSPS) is 2.40. The maximum atomic E-state index is 8.69. The van der Waals surface area contributed by atoms with Crippen LogP contribution in [0, 0.1) is 14.4 Å². The summed E-state index contributed by atoms with van der Waals surface area (Å²) in [5, 5.41) is 0. The van der Waals surface area contributed by atoms with E-state index in [0.29, 0.717) is 6.29 Å². The minimum absolute atomic E-state index is 0. The van der Waals surface area contributed by atoms with Gasteiger partial charge in [-0.25, -0.2) is 0 Å². The molecule has 0 atom stereocenters. The predicted molar refractivity (Wildman–Crippen MR) is 23.6 cm³/mol. The largest absolute Gasteiger partial charge is 2.00 e. The second kappa shape index (κ2) is 27.6. The molecule has 1 nitrogen and oxygen atoms in total. The van der Waals surface area contributed by atoms with Crippen LogP contribution in [0.15, 0.2) is 0 Å². The van der Waals surface area contributed by atoms with Gasteiger partial charge in [-0.2, -0.15) is 0 Å². The second-order valence-corrected chi connectivity index (χ2v) is 0.167. The van der Waals surface area contributed by atoms with Crippen LogP contribution >= 0.6 is 0 Å². The van der Waals surface area contributed by atoms with Gasteiger partial charge >= 0.3 is 23.1 Å². The van der Waals surface area contributed by atoms with Crippen LogP contribution in [0.2, 0.25) is 0 Å². The minimum Gasteiger partial charge on any atom is -0.358 e. The first-order chi connectivity index (χ1) is 1.41. The monoisotopic (exact) mass is 82.0 g/mol. The molecule has 0 saturated carbocycles.